The number of H-pyrrole nitrogens is 2. The van der Waals surface area contributed by atoms with Crippen molar-refractivity contribution < 1.29 is 104 Å². The molecule has 0 amide bonds. The van der Waals surface area contributed by atoms with Crippen LogP contribution in [-0.4, -0.2) is 174 Å². The number of anilines is 2. The summed E-state index contributed by atoms with van der Waals surface area (Å²) < 4.78 is 111. The second kappa shape index (κ2) is 22.9. The molecule has 5 aromatic rings. The first kappa shape index (κ1) is 58.6. The third-order valence-corrected chi connectivity index (χ3v) is 18.5. The van der Waals surface area contributed by atoms with Crippen LogP contribution in [0.3, 0.4) is 0 Å². The highest BCUT2D eigenvalue weighted by atomic mass is 31.3. The predicted molar refractivity (Wildman–Crippen MR) is 255 cm³/mol. The van der Waals surface area contributed by atoms with Crippen molar-refractivity contribution in [2.24, 2.45) is 13.0 Å². The van der Waals surface area contributed by atoms with Gasteiger partial charge in [-0.25, -0.2) is 38.0 Å². The molecular weight excluding hydrogens is 1120 g/mol. The van der Waals surface area contributed by atoms with E-state index < -0.39 is 141 Å². The number of hydrogen-bond donors (Lipinski definition) is 11. The topological polar surface area (TPSA) is 493 Å². The summed E-state index contributed by atoms with van der Waals surface area (Å²) in [6.45, 7) is 0.451. The van der Waals surface area contributed by atoms with Crippen LogP contribution in [0.15, 0.2) is 45.6 Å². The lowest BCUT2D eigenvalue weighted by molar-refractivity contribution is -0.745. The minimum atomic E-state index is -6.19. The number of aryl methyl sites for hydroxylation is 1. The minimum absolute atomic E-state index is 0.00285. The van der Waals surface area contributed by atoms with Crippen molar-refractivity contribution in [3.05, 3.63) is 62.4 Å². The highest BCUT2D eigenvalue weighted by Crippen LogP contribution is 2.68. The van der Waals surface area contributed by atoms with Crippen LogP contribution in [-0.2, 0) is 71.2 Å². The molecule has 3 aliphatic heterocycles. The molecule has 0 saturated carbocycles. The Morgan fingerprint density at radius 1 is 0.831 bits per heavy atom. The molecule has 0 radical (unpaired) electrons. The van der Waals surface area contributed by atoms with Crippen LogP contribution < -0.4 is 32.4 Å². The zero-order chi connectivity index (χ0) is 56.1. The van der Waals surface area contributed by atoms with E-state index in [0.29, 0.717) is 0 Å². The van der Waals surface area contributed by atoms with Crippen molar-refractivity contribution in [1.29, 1.82) is 0 Å². The first-order chi connectivity index (χ1) is 36.1. The maximum absolute atomic E-state index is 14.3. The fourth-order valence-corrected chi connectivity index (χ4v) is 14.3. The summed E-state index contributed by atoms with van der Waals surface area (Å²) in [6.07, 6.45) is -11.3. The number of rotatable bonds is 23. The zero-order valence-corrected chi connectivity index (χ0v) is 44.5. The van der Waals surface area contributed by atoms with Gasteiger partial charge in [-0.1, -0.05) is 4.98 Å². The number of methoxy groups -OCH3 is 2. The number of nitrogens with two attached hydrogens (primary N) is 1. The molecule has 40 heteroatoms. The van der Waals surface area contributed by atoms with Gasteiger partial charge in [0.2, 0.25) is 11.7 Å². The molecule has 77 heavy (non-hydrogen) atoms. The lowest BCUT2D eigenvalue weighted by Gasteiger charge is -2.28. The van der Waals surface area contributed by atoms with Crippen LogP contribution in [0.4, 0.5) is 11.8 Å². The fourth-order valence-electron chi connectivity index (χ4n) is 9.01. The number of ether oxygens (including phenoxy) is 5. The van der Waals surface area contributed by atoms with Crippen molar-refractivity contribution in [3.63, 3.8) is 0 Å². The molecule has 0 bridgehead atoms. The summed E-state index contributed by atoms with van der Waals surface area (Å²) in [5.74, 6) is -0.910. The Kier molecular flexibility index (Phi) is 17.4. The number of nitrogens with zero attached hydrogens (tertiary/aromatic N) is 8. The van der Waals surface area contributed by atoms with Crippen LogP contribution in [0.5, 0.6) is 0 Å². The van der Waals surface area contributed by atoms with Crippen molar-refractivity contribution in [1.82, 2.24) is 43.6 Å². The van der Waals surface area contributed by atoms with E-state index in [-0.39, 0.29) is 53.2 Å². The van der Waals surface area contributed by atoms with E-state index in [1.807, 2.05) is 18.8 Å². The number of aromatic nitrogens is 10. The lowest BCUT2D eigenvalue weighted by atomic mass is 9.95. The number of hydrogen-bond acceptors (Lipinski definition) is 26. The van der Waals surface area contributed by atoms with Crippen LogP contribution in [0, 0.1) is 5.92 Å². The molecule has 0 spiro atoms. The Balaban J connectivity index is 0.960. The molecule has 3 fully saturated rings. The van der Waals surface area contributed by atoms with E-state index in [9.17, 15) is 67.5 Å². The first-order valence-corrected chi connectivity index (χ1v) is 29.0. The summed E-state index contributed by atoms with van der Waals surface area (Å²) in [6, 6.07) is 0.789. The number of fused-ring (bicyclic) bond motifs is 2. The number of nitrogens with one attached hydrogen (secondary N) is 3. The second-order valence-corrected chi connectivity index (χ2v) is 24.6. The minimum Gasteiger partial charge on any atom is -0.387 e. The Morgan fingerprint density at radius 3 is 2.14 bits per heavy atom. The molecule has 3 saturated heterocycles. The highest BCUT2D eigenvalue weighted by molar-refractivity contribution is 7.66. The van der Waals surface area contributed by atoms with Gasteiger partial charge in [-0.05, 0) is 20.3 Å². The summed E-state index contributed by atoms with van der Waals surface area (Å²) in [5, 5.41) is 36.0. The van der Waals surface area contributed by atoms with Gasteiger partial charge in [-0.3, -0.25) is 46.9 Å². The van der Waals surface area contributed by atoms with Crippen molar-refractivity contribution >= 4 is 65.2 Å². The second-order valence-electron chi connectivity index (χ2n) is 17.9. The molecule has 3 aliphatic rings. The average molecular weight is 1180 g/mol. The van der Waals surface area contributed by atoms with Gasteiger partial charge < -0.3 is 74.2 Å². The van der Waals surface area contributed by atoms with E-state index in [4.69, 9.17) is 43.0 Å². The standard InChI is InChI=1S/C37H54N12O24P4/c1-16(2)42-36-44-31-23(32(54)45-36)46(3)15-49(31)33-24(51)17(7-9-64-4)18(69-33)10-67-75(58,59)72-77(62,63)73-76(60,61)68-12-20-28(27(65-5)35(71-20)48-14-41-22-29(38)39-13-40-30(22)48)74(56,57)66-11-19-25(52)26(53)34(70-19)47-8-6-21(50)43-37(47)55/h6,8,13-20,24-28,33-35,51-53H,7,9-12H2,1-5H3,(H8-,38,39,40,42,43,44,45,50,54,55,56,57,58,59,60,61,62,63)/p+1/t17-,18-,19-,20?,24-,25-,26-,27-,28-,33-,34-,35-/m1/s1. The average Bonchev–Trinajstić information content (AvgIpc) is 4.17. The van der Waals surface area contributed by atoms with Crippen molar-refractivity contribution in [3.8, 4) is 0 Å². The van der Waals surface area contributed by atoms with Crippen LogP contribution in [0.2, 0.25) is 0 Å². The Hall–Kier alpha value is -4.58. The normalized spacial score (nSPS) is 29.9. The van der Waals surface area contributed by atoms with E-state index >= 15 is 0 Å². The molecule has 16 atom stereocenters. The van der Waals surface area contributed by atoms with E-state index in [0.717, 1.165) is 36.6 Å². The number of aliphatic hydroxyl groups is 3. The van der Waals surface area contributed by atoms with E-state index in [1.165, 1.54) is 27.1 Å². The quantitative estimate of drug-likeness (QED) is 0.0242. The molecule has 8 rings (SSSR count). The number of phosphoric ester groups is 2. The molecule has 0 aromatic carbocycles. The zero-order valence-electron chi connectivity index (χ0n) is 40.9. The lowest BCUT2D eigenvalue weighted by Crippen LogP contribution is -2.45. The van der Waals surface area contributed by atoms with Gasteiger partial charge in [0.1, 0.15) is 54.1 Å². The van der Waals surface area contributed by atoms with Gasteiger partial charge in [-0.2, -0.15) is 8.62 Å². The third-order valence-electron chi connectivity index (χ3n) is 12.4. The van der Waals surface area contributed by atoms with Crippen molar-refractivity contribution in [2.75, 3.05) is 51.7 Å². The molecule has 8 heterocycles. The maximum Gasteiger partial charge on any atom is 0.490 e. The molecule has 36 nitrogen and oxygen atoms in total. The van der Waals surface area contributed by atoms with Crippen molar-refractivity contribution in [2.45, 2.75) is 93.4 Å². The Labute approximate surface area is 431 Å². The van der Waals surface area contributed by atoms with Gasteiger partial charge in [0.05, 0.1) is 39.3 Å². The Bertz CT molecular complexity index is 3340. The maximum atomic E-state index is 14.3. The number of nitrogen functional groups attached to an aromatic ring is 1. The SMILES string of the molecule is COCC[C@H]1[C@@H](O)[C@H]([n+]2cn(C)c3c(=O)[nH]c(NC(C)C)nc32)O[C@@H]1COP(=O)(O)OP(=O)(O)OP(=O)(O)OCC1O[C@@H](n2cnc3c(N)ncnc32)[C@H](OC)[C@@H]1P(=O)(O)OC[C@H]1O[C@@H](n2ccc(=O)[nH]c2=O)[C@H](O)[C@@H]1O. The summed E-state index contributed by atoms with van der Waals surface area (Å²) >= 11 is 0. The molecular formula is C37H55N12O24P4+. The van der Waals surface area contributed by atoms with Crippen LogP contribution >= 0.6 is 31.1 Å². The third kappa shape index (κ3) is 12.6. The number of phosphoric acid groups is 3. The van der Waals surface area contributed by atoms with E-state index in [2.05, 4.69) is 38.9 Å². The van der Waals surface area contributed by atoms with Gasteiger partial charge in [0.25, 0.3) is 17.1 Å². The molecule has 5 unspecified atom stereocenters. The van der Waals surface area contributed by atoms with Gasteiger partial charge >= 0.3 is 42.4 Å². The fraction of sp³-hybridized carbons (Fsp3) is 0.622. The first-order valence-electron chi connectivity index (χ1n) is 22.9. The molecule has 0 aliphatic carbocycles. The molecule has 12 N–H and O–H groups in total. The summed E-state index contributed by atoms with van der Waals surface area (Å²) in [7, 11) is -19.3. The summed E-state index contributed by atoms with van der Waals surface area (Å²) in [4.78, 5) is 102. The smallest absolute Gasteiger partial charge is 0.387 e. The van der Waals surface area contributed by atoms with Crippen LogP contribution in [0.1, 0.15) is 39.0 Å². The predicted octanol–water partition coefficient (Wildman–Crippen LogP) is -2.28. The van der Waals surface area contributed by atoms with Gasteiger partial charge in [-0.15, -0.1) is 0 Å². The molecule has 426 valence electrons. The highest BCUT2D eigenvalue weighted by Gasteiger charge is 2.58. The van der Waals surface area contributed by atoms with Gasteiger partial charge in [0.15, 0.2) is 30.2 Å². The number of imidazole rings is 2. The van der Waals surface area contributed by atoms with Gasteiger partial charge in [0, 0.05) is 45.0 Å². The number of aromatic amines is 2. The van der Waals surface area contributed by atoms with Crippen LogP contribution in [0.25, 0.3) is 22.3 Å². The Morgan fingerprint density at radius 2 is 1.49 bits per heavy atom. The monoisotopic (exact) mass is 1180 g/mol. The molecule has 5 aromatic heterocycles. The summed E-state index contributed by atoms with van der Waals surface area (Å²) in [5.41, 5.74) is 1.85. The van der Waals surface area contributed by atoms with E-state index in [1.54, 1.807) is 7.05 Å². The number of aliphatic hydroxyl groups excluding tert-OH is 3. The largest absolute Gasteiger partial charge is 0.490 e.